The van der Waals surface area contributed by atoms with Crippen LogP contribution >= 0.6 is 0 Å². The van der Waals surface area contributed by atoms with Gasteiger partial charge in [0.15, 0.2) is 30.9 Å². The van der Waals surface area contributed by atoms with Gasteiger partial charge in [0.05, 0.1) is 45.2 Å². The second-order valence-electron chi connectivity index (χ2n) is 23.9. The highest BCUT2D eigenvalue weighted by Gasteiger charge is 2.69. The summed E-state index contributed by atoms with van der Waals surface area (Å²) in [4.78, 5) is 0. The summed E-state index contributed by atoms with van der Waals surface area (Å²) in [5.74, 6) is 3.06. The van der Waals surface area contributed by atoms with Gasteiger partial charge in [0.2, 0.25) is 0 Å². The molecule has 10 rings (SSSR count). The molecule has 1 spiro atoms. The molecule has 19 unspecified atom stereocenters. The molecule has 414 valence electrons. The normalized spacial score (nSPS) is 57.8. The number of fused-ring (bicyclic) bond motifs is 7. The third kappa shape index (κ3) is 9.26. The Labute approximate surface area is 419 Å². The van der Waals surface area contributed by atoms with Crippen molar-refractivity contribution < 1.29 is 109 Å². The third-order valence-electron chi connectivity index (χ3n) is 20.0. The van der Waals surface area contributed by atoms with E-state index in [9.17, 15) is 61.3 Å². The maximum atomic E-state index is 11.8. The molecule has 10 fully saturated rings. The Morgan fingerprint density at radius 1 is 0.514 bits per heavy atom. The van der Waals surface area contributed by atoms with Gasteiger partial charge in [-0.1, -0.05) is 27.7 Å². The van der Waals surface area contributed by atoms with E-state index in [2.05, 4.69) is 27.7 Å². The van der Waals surface area contributed by atoms with Crippen LogP contribution in [-0.2, 0) is 47.4 Å². The predicted octanol–water partition coefficient (Wildman–Crippen LogP) is -2.27. The largest absolute Gasteiger partial charge is 0.394 e. The zero-order valence-corrected chi connectivity index (χ0v) is 41.7. The van der Waals surface area contributed by atoms with Gasteiger partial charge in [-0.2, -0.15) is 0 Å². The van der Waals surface area contributed by atoms with E-state index < -0.39 is 149 Å². The Hall–Kier alpha value is -0.880. The van der Waals surface area contributed by atoms with Crippen LogP contribution in [0.2, 0.25) is 0 Å². The first kappa shape index (κ1) is 54.5. The molecule has 22 heteroatoms. The Balaban J connectivity index is 0.812. The molecule has 0 amide bonds. The average Bonchev–Trinajstić information content (AvgIpc) is 3.82. The number of hydrogen-bond acceptors (Lipinski definition) is 22. The van der Waals surface area contributed by atoms with E-state index in [4.69, 9.17) is 47.4 Å². The van der Waals surface area contributed by atoms with E-state index in [0.717, 1.165) is 51.6 Å². The highest BCUT2D eigenvalue weighted by Crippen LogP contribution is 2.71. The van der Waals surface area contributed by atoms with Crippen molar-refractivity contribution in [1.82, 2.24) is 0 Å². The zero-order chi connectivity index (χ0) is 51.3. The second-order valence-corrected chi connectivity index (χ2v) is 23.9. The van der Waals surface area contributed by atoms with Crippen LogP contribution in [0.15, 0.2) is 0 Å². The lowest BCUT2D eigenvalue weighted by Crippen LogP contribution is -2.68. The molecular weight excluding hydrogens is 953 g/mol. The van der Waals surface area contributed by atoms with Crippen LogP contribution in [0.3, 0.4) is 0 Å². The fourth-order valence-corrected chi connectivity index (χ4v) is 15.9. The summed E-state index contributed by atoms with van der Waals surface area (Å²) in [5, 5.41) is 129. The first-order valence-corrected chi connectivity index (χ1v) is 26.7. The molecule has 0 bridgehead atoms. The molecule has 31 atom stereocenters. The standard InChI is InChI=1S/C50H82O22/c1-20-7-12-50(64-18-20)21(2)32-28(72-50)14-26-24-6-5-22-13-23(8-10-48(22,3)25(24)9-11-49(26,32)4)65-45-40(62)37(59)41(31(17-53)68-45)69-47-43(71-46-39(61)36(58)34(56)29(15-51)66-46)42(35(57)30(16-52)67-47)70-44-38(60)33(55)27(54)19-63-44/h20-47,51-62H,5-19H2,1-4H3/t20-,21+,22+,23+,24-,25+,26+,27?,28+,29?,30?,31?,32+,33?,34?,35?,36?,37?,38?,39?,40?,41?,42?,43?,44?,45?,46?,47?,48+,49+,50-/m1/s1. The van der Waals surface area contributed by atoms with Crippen molar-refractivity contribution in [2.45, 2.75) is 227 Å². The van der Waals surface area contributed by atoms with Crippen LogP contribution in [0.5, 0.6) is 0 Å². The molecule has 6 heterocycles. The molecule has 0 radical (unpaired) electrons. The van der Waals surface area contributed by atoms with Gasteiger partial charge in [0.1, 0.15) is 91.6 Å². The SMILES string of the molecule is C[C@@H]1CC[C@@]2(OC1)O[C@H]1C[C@H]3[C@@H]4CC[C@H]5C[C@@H](OC6OC(CO)C(OC7OC(CO)C(O)C(OC8OCC(O)C(O)C8O)C7OC7OC(CO)C(O)C(O)C7O)C(O)C6O)CC[C@]5(C)[C@H]4CC[C@]3(C)[C@H]1[C@@H]2C. The summed E-state index contributed by atoms with van der Waals surface area (Å²) in [6.45, 7) is 7.42. The van der Waals surface area contributed by atoms with Crippen LogP contribution in [0.1, 0.15) is 91.9 Å². The van der Waals surface area contributed by atoms with E-state index >= 15 is 0 Å². The summed E-state index contributed by atoms with van der Waals surface area (Å²) in [6, 6.07) is 0. The summed E-state index contributed by atoms with van der Waals surface area (Å²) >= 11 is 0. The first-order chi connectivity index (χ1) is 34.3. The van der Waals surface area contributed by atoms with Crippen molar-refractivity contribution in [3.05, 3.63) is 0 Å². The zero-order valence-electron chi connectivity index (χ0n) is 41.7. The third-order valence-corrected chi connectivity index (χ3v) is 20.0. The Morgan fingerprint density at radius 3 is 1.85 bits per heavy atom. The molecule has 0 aromatic carbocycles. The Kier molecular flexibility index (Phi) is 15.9. The van der Waals surface area contributed by atoms with Crippen LogP contribution in [-0.4, -0.2) is 229 Å². The quantitative estimate of drug-likeness (QED) is 0.0971. The smallest absolute Gasteiger partial charge is 0.187 e. The van der Waals surface area contributed by atoms with Gasteiger partial charge in [0.25, 0.3) is 0 Å². The van der Waals surface area contributed by atoms with Crippen molar-refractivity contribution in [3.8, 4) is 0 Å². The van der Waals surface area contributed by atoms with Gasteiger partial charge in [-0.15, -0.1) is 0 Å². The van der Waals surface area contributed by atoms with Crippen LogP contribution in [0.4, 0.5) is 0 Å². The summed E-state index contributed by atoms with van der Waals surface area (Å²) < 4.78 is 61.4. The van der Waals surface area contributed by atoms with Crippen molar-refractivity contribution >= 4 is 0 Å². The van der Waals surface area contributed by atoms with E-state index in [1.807, 2.05) is 0 Å². The molecule has 10 aliphatic rings. The fourth-order valence-electron chi connectivity index (χ4n) is 15.9. The molecule has 22 nitrogen and oxygen atoms in total. The lowest BCUT2D eigenvalue weighted by atomic mass is 9.44. The highest BCUT2D eigenvalue weighted by atomic mass is 16.8. The Morgan fingerprint density at radius 2 is 1.14 bits per heavy atom. The molecule has 4 saturated carbocycles. The maximum Gasteiger partial charge on any atom is 0.187 e. The van der Waals surface area contributed by atoms with Crippen molar-refractivity contribution in [1.29, 1.82) is 0 Å². The molecule has 72 heavy (non-hydrogen) atoms. The Bertz CT molecular complexity index is 1830. The highest BCUT2D eigenvalue weighted by molar-refractivity contribution is 5.15. The number of hydrogen-bond donors (Lipinski definition) is 12. The van der Waals surface area contributed by atoms with Crippen molar-refractivity contribution in [2.75, 3.05) is 33.0 Å². The number of ether oxygens (including phenoxy) is 10. The van der Waals surface area contributed by atoms with Gasteiger partial charge in [-0.25, -0.2) is 0 Å². The molecule has 6 aliphatic heterocycles. The van der Waals surface area contributed by atoms with Gasteiger partial charge < -0.3 is 109 Å². The molecular formula is C50H82O22. The van der Waals surface area contributed by atoms with Gasteiger partial charge in [-0.05, 0) is 104 Å². The monoisotopic (exact) mass is 1030 g/mol. The number of rotatable bonds is 11. The maximum absolute atomic E-state index is 11.8. The fraction of sp³-hybridized carbons (Fsp3) is 1.00. The van der Waals surface area contributed by atoms with Gasteiger partial charge >= 0.3 is 0 Å². The van der Waals surface area contributed by atoms with Crippen molar-refractivity contribution in [2.24, 2.45) is 52.3 Å². The molecule has 0 aromatic rings. The molecule has 0 aromatic heterocycles. The summed E-state index contributed by atoms with van der Waals surface area (Å²) in [6.07, 6.45) is -22.9. The minimum atomic E-state index is -2.00. The summed E-state index contributed by atoms with van der Waals surface area (Å²) in [7, 11) is 0. The van der Waals surface area contributed by atoms with E-state index in [1.54, 1.807) is 0 Å². The lowest BCUT2D eigenvalue weighted by molar-refractivity contribution is -0.404. The van der Waals surface area contributed by atoms with Crippen molar-refractivity contribution in [3.63, 3.8) is 0 Å². The van der Waals surface area contributed by atoms with E-state index in [0.29, 0.717) is 47.8 Å². The van der Waals surface area contributed by atoms with E-state index in [-0.39, 0.29) is 23.0 Å². The second kappa shape index (κ2) is 21.1. The average molecular weight is 1040 g/mol. The van der Waals surface area contributed by atoms with Crippen LogP contribution < -0.4 is 0 Å². The molecule has 6 saturated heterocycles. The van der Waals surface area contributed by atoms with Crippen LogP contribution in [0.25, 0.3) is 0 Å². The first-order valence-electron chi connectivity index (χ1n) is 26.7. The molecule has 4 aliphatic carbocycles. The number of aliphatic hydroxyl groups is 12. The lowest BCUT2D eigenvalue weighted by Gasteiger charge is -2.61. The van der Waals surface area contributed by atoms with Gasteiger partial charge in [-0.3, -0.25) is 0 Å². The minimum absolute atomic E-state index is 0.0916. The summed E-state index contributed by atoms with van der Waals surface area (Å²) in [5.41, 5.74) is 0.293. The van der Waals surface area contributed by atoms with E-state index in [1.165, 1.54) is 12.8 Å². The number of aliphatic hydroxyl groups excluding tert-OH is 12. The topological polar surface area (TPSA) is 335 Å². The minimum Gasteiger partial charge on any atom is -0.394 e. The van der Waals surface area contributed by atoms with Gasteiger partial charge in [0, 0.05) is 12.3 Å². The predicted molar refractivity (Wildman–Crippen MR) is 242 cm³/mol. The molecule has 12 N–H and O–H groups in total. The van der Waals surface area contributed by atoms with Crippen LogP contribution in [0, 0.1) is 52.3 Å².